The van der Waals surface area contributed by atoms with Gasteiger partial charge in [-0.05, 0) is 54.0 Å². The van der Waals surface area contributed by atoms with Crippen LogP contribution in [0.15, 0.2) is 53.0 Å². The fourth-order valence-electron chi connectivity index (χ4n) is 4.82. The smallest absolute Gasteiger partial charge is 0.407 e. The van der Waals surface area contributed by atoms with Gasteiger partial charge in [0.25, 0.3) is 0 Å². The number of carbonyl (C=O) groups is 2. The Hall–Kier alpha value is -3.13. The molecular weight excluding hydrogens is 520 g/mol. The van der Waals surface area contributed by atoms with E-state index in [1.807, 2.05) is 37.8 Å². The van der Waals surface area contributed by atoms with Gasteiger partial charge >= 0.3 is 6.09 Å². The largest absolute Gasteiger partial charge is 0.453 e. The van der Waals surface area contributed by atoms with Gasteiger partial charge in [-0.1, -0.05) is 73.1 Å². The molecule has 2 heterocycles. The van der Waals surface area contributed by atoms with Crippen LogP contribution in [0.1, 0.15) is 44.8 Å². The summed E-state index contributed by atoms with van der Waals surface area (Å²) in [7, 11) is 1.30. The monoisotopic (exact) mass is 552 g/mol. The summed E-state index contributed by atoms with van der Waals surface area (Å²) >= 11 is 3.48. The molecule has 1 saturated heterocycles. The zero-order valence-electron chi connectivity index (χ0n) is 21.3. The summed E-state index contributed by atoms with van der Waals surface area (Å²) in [6.07, 6.45) is 0.206. The lowest BCUT2D eigenvalue weighted by Crippen LogP contribution is -2.51. The maximum atomic E-state index is 13.5. The molecule has 3 aromatic rings. The van der Waals surface area contributed by atoms with Crippen molar-refractivity contribution in [2.75, 3.05) is 13.7 Å². The molecule has 3 atom stereocenters. The third-order valence-corrected chi connectivity index (χ3v) is 7.28. The summed E-state index contributed by atoms with van der Waals surface area (Å²) in [5.74, 6) is 0.909. The predicted octanol–water partition coefficient (Wildman–Crippen LogP) is 6.10. The average Bonchev–Trinajstić information content (AvgIpc) is 3.44. The molecule has 1 aromatic heterocycles. The second-order valence-corrected chi connectivity index (χ2v) is 10.8. The standard InChI is InChI=1S/C28H33BrN4O3/c1-16(2)24(32-28(35)36-5)27(34)33-15-17(3)14-23(33)26-30-18(4)25(31-26)21-8-6-19(7-9-21)20-10-12-22(29)13-11-20/h6-13,16-17,23-24H,14-15H2,1-5H3,(H,30,31)(H,32,35)/t17-,23-,24-/m0/s1. The number of aromatic amines is 1. The van der Waals surface area contributed by atoms with Gasteiger partial charge in [0.15, 0.2) is 0 Å². The van der Waals surface area contributed by atoms with Crippen LogP contribution in [0.4, 0.5) is 4.79 Å². The molecule has 1 fully saturated rings. The molecule has 1 aliphatic rings. The number of aryl methyl sites for hydroxylation is 1. The summed E-state index contributed by atoms with van der Waals surface area (Å²) in [6.45, 7) is 8.57. The fourth-order valence-corrected chi connectivity index (χ4v) is 5.08. The average molecular weight is 554 g/mol. The summed E-state index contributed by atoms with van der Waals surface area (Å²) in [5.41, 5.74) is 5.18. The van der Waals surface area contributed by atoms with Gasteiger partial charge in [0.1, 0.15) is 11.9 Å². The molecule has 0 radical (unpaired) electrons. The first kappa shape index (κ1) is 25.9. The number of halogens is 1. The fraction of sp³-hybridized carbons (Fsp3) is 0.393. The van der Waals surface area contributed by atoms with E-state index in [0.717, 1.165) is 44.8 Å². The Morgan fingerprint density at radius 2 is 1.67 bits per heavy atom. The van der Waals surface area contributed by atoms with Crippen molar-refractivity contribution in [3.8, 4) is 22.4 Å². The van der Waals surface area contributed by atoms with Gasteiger partial charge in [0.05, 0.1) is 24.5 Å². The number of benzene rings is 2. The zero-order valence-corrected chi connectivity index (χ0v) is 22.9. The van der Waals surface area contributed by atoms with Crippen molar-refractivity contribution in [2.24, 2.45) is 11.8 Å². The number of hydrogen-bond donors (Lipinski definition) is 2. The molecule has 4 rings (SSSR count). The van der Waals surface area contributed by atoms with E-state index in [1.165, 1.54) is 7.11 Å². The Morgan fingerprint density at radius 3 is 2.25 bits per heavy atom. The second kappa shape index (κ2) is 10.9. The lowest BCUT2D eigenvalue weighted by Gasteiger charge is -2.30. The number of imidazole rings is 1. The Bertz CT molecular complexity index is 1220. The molecule has 1 aliphatic heterocycles. The highest BCUT2D eigenvalue weighted by Gasteiger charge is 2.40. The summed E-state index contributed by atoms with van der Waals surface area (Å²) in [6, 6.07) is 15.8. The molecule has 2 aromatic carbocycles. The van der Waals surface area contributed by atoms with Crippen LogP contribution >= 0.6 is 15.9 Å². The number of carbonyl (C=O) groups excluding carboxylic acids is 2. The lowest BCUT2D eigenvalue weighted by atomic mass is 10.0. The first-order valence-corrected chi connectivity index (χ1v) is 13.0. The quantitative estimate of drug-likeness (QED) is 0.386. The van der Waals surface area contributed by atoms with E-state index in [2.05, 4.69) is 69.6 Å². The number of rotatable bonds is 6. The van der Waals surface area contributed by atoms with E-state index in [1.54, 1.807) is 0 Å². The number of amides is 2. The summed E-state index contributed by atoms with van der Waals surface area (Å²) in [5, 5.41) is 2.71. The molecule has 36 heavy (non-hydrogen) atoms. The zero-order chi connectivity index (χ0) is 26.0. The molecule has 7 nitrogen and oxygen atoms in total. The van der Waals surface area contributed by atoms with E-state index in [4.69, 9.17) is 9.72 Å². The topological polar surface area (TPSA) is 87.3 Å². The maximum absolute atomic E-state index is 13.5. The Labute approximate surface area is 220 Å². The highest BCUT2D eigenvalue weighted by molar-refractivity contribution is 9.10. The third-order valence-electron chi connectivity index (χ3n) is 6.75. The number of likely N-dealkylation sites (tertiary alicyclic amines) is 1. The van der Waals surface area contributed by atoms with Crippen LogP contribution < -0.4 is 5.32 Å². The van der Waals surface area contributed by atoms with Crippen molar-refractivity contribution >= 4 is 27.9 Å². The molecule has 2 N–H and O–H groups in total. The van der Waals surface area contributed by atoms with Gasteiger partial charge in [0, 0.05) is 11.0 Å². The Balaban J connectivity index is 1.58. The van der Waals surface area contributed by atoms with E-state index in [-0.39, 0.29) is 17.9 Å². The number of alkyl carbamates (subject to hydrolysis) is 1. The number of methoxy groups -OCH3 is 1. The van der Waals surface area contributed by atoms with E-state index >= 15 is 0 Å². The minimum Gasteiger partial charge on any atom is -0.453 e. The lowest BCUT2D eigenvalue weighted by molar-refractivity contribution is -0.135. The van der Waals surface area contributed by atoms with Gasteiger partial charge in [-0.25, -0.2) is 9.78 Å². The number of H-pyrrole nitrogens is 1. The Kier molecular flexibility index (Phi) is 7.83. The van der Waals surface area contributed by atoms with Crippen LogP contribution in [0.2, 0.25) is 0 Å². The van der Waals surface area contributed by atoms with Crippen molar-refractivity contribution in [1.29, 1.82) is 0 Å². The number of aromatic nitrogens is 2. The van der Waals surface area contributed by atoms with Crippen molar-refractivity contribution < 1.29 is 14.3 Å². The van der Waals surface area contributed by atoms with Gasteiger partial charge < -0.3 is 19.9 Å². The van der Waals surface area contributed by atoms with Gasteiger partial charge in [-0.2, -0.15) is 0 Å². The van der Waals surface area contributed by atoms with Crippen LogP contribution in [0.5, 0.6) is 0 Å². The SMILES string of the molecule is COC(=O)N[C@H](C(=O)N1C[C@@H](C)C[C@H]1c1nc(C)c(-c2ccc(-c3ccc(Br)cc3)cc2)[nH]1)C(C)C. The van der Waals surface area contributed by atoms with Crippen LogP contribution in [-0.4, -0.2) is 46.6 Å². The normalized spacial score (nSPS) is 18.4. The van der Waals surface area contributed by atoms with Crippen molar-refractivity contribution in [2.45, 2.75) is 46.2 Å². The van der Waals surface area contributed by atoms with Crippen LogP contribution in [0.25, 0.3) is 22.4 Å². The molecule has 0 saturated carbocycles. The van der Waals surface area contributed by atoms with E-state index < -0.39 is 12.1 Å². The molecule has 8 heteroatoms. The first-order valence-electron chi connectivity index (χ1n) is 12.3. The van der Waals surface area contributed by atoms with Crippen LogP contribution in [0.3, 0.4) is 0 Å². The molecule has 190 valence electrons. The molecular formula is C28H33BrN4O3. The number of hydrogen-bond acceptors (Lipinski definition) is 4. The number of nitrogens with one attached hydrogen (secondary N) is 2. The highest BCUT2D eigenvalue weighted by Crippen LogP contribution is 2.37. The van der Waals surface area contributed by atoms with Crippen molar-refractivity contribution in [1.82, 2.24) is 20.2 Å². The van der Waals surface area contributed by atoms with Crippen LogP contribution in [0, 0.1) is 18.8 Å². The predicted molar refractivity (Wildman–Crippen MR) is 144 cm³/mol. The minimum atomic E-state index is -0.660. The number of nitrogens with zero attached hydrogens (tertiary/aromatic N) is 2. The molecule has 0 spiro atoms. The molecule has 2 amide bonds. The van der Waals surface area contributed by atoms with Crippen molar-refractivity contribution in [3.05, 3.63) is 64.5 Å². The minimum absolute atomic E-state index is 0.0775. The summed E-state index contributed by atoms with van der Waals surface area (Å²) in [4.78, 5) is 35.6. The number of ether oxygens (including phenoxy) is 1. The van der Waals surface area contributed by atoms with Gasteiger partial charge in [0.2, 0.25) is 5.91 Å². The van der Waals surface area contributed by atoms with Gasteiger partial charge in [-0.3, -0.25) is 4.79 Å². The maximum Gasteiger partial charge on any atom is 0.407 e. The molecule has 0 unspecified atom stereocenters. The van der Waals surface area contributed by atoms with Crippen molar-refractivity contribution in [3.63, 3.8) is 0 Å². The van der Waals surface area contributed by atoms with E-state index in [9.17, 15) is 9.59 Å². The summed E-state index contributed by atoms with van der Waals surface area (Å²) < 4.78 is 5.80. The van der Waals surface area contributed by atoms with E-state index in [0.29, 0.717) is 12.5 Å². The van der Waals surface area contributed by atoms with Crippen LogP contribution in [-0.2, 0) is 9.53 Å². The first-order chi connectivity index (χ1) is 17.2. The Morgan fingerprint density at radius 1 is 1.08 bits per heavy atom. The molecule has 0 bridgehead atoms. The molecule has 0 aliphatic carbocycles. The third kappa shape index (κ3) is 5.48. The van der Waals surface area contributed by atoms with Gasteiger partial charge in [-0.15, -0.1) is 0 Å². The second-order valence-electron chi connectivity index (χ2n) is 9.87. The highest BCUT2D eigenvalue weighted by atomic mass is 79.9.